The van der Waals surface area contributed by atoms with Crippen LogP contribution in [0.25, 0.3) is 0 Å². The number of methoxy groups -OCH3 is 1. The van der Waals surface area contributed by atoms with Gasteiger partial charge in [-0.1, -0.05) is 26.7 Å². The number of carbonyl (C=O) groups excluding carboxylic acids is 1. The zero-order chi connectivity index (χ0) is 15.2. The summed E-state index contributed by atoms with van der Waals surface area (Å²) < 4.78 is 5.00. The Kier molecular flexibility index (Phi) is 6.49. The summed E-state index contributed by atoms with van der Waals surface area (Å²) in [5, 5.41) is 3.47. The zero-order valence-electron chi connectivity index (χ0n) is 13.9. The van der Waals surface area contributed by atoms with E-state index in [4.69, 9.17) is 4.74 Å². The molecule has 0 amide bonds. The minimum absolute atomic E-state index is 0.102. The molecule has 0 aromatic carbocycles. The summed E-state index contributed by atoms with van der Waals surface area (Å²) in [6.45, 7) is 6.45. The van der Waals surface area contributed by atoms with E-state index in [0.717, 1.165) is 13.1 Å². The molecule has 0 aliphatic heterocycles. The fourth-order valence-corrected chi connectivity index (χ4v) is 3.22. The van der Waals surface area contributed by atoms with Gasteiger partial charge in [0.25, 0.3) is 0 Å². The molecule has 1 N–H and O–H groups in total. The summed E-state index contributed by atoms with van der Waals surface area (Å²) in [6.07, 6.45) is 8.84. The Balaban J connectivity index is 1.93. The van der Waals surface area contributed by atoms with Crippen molar-refractivity contribution in [2.45, 2.75) is 76.9 Å². The Morgan fingerprint density at radius 2 is 1.90 bits per heavy atom. The van der Waals surface area contributed by atoms with E-state index in [2.05, 4.69) is 24.1 Å². The van der Waals surface area contributed by atoms with Crippen LogP contribution in [0.1, 0.15) is 58.8 Å². The van der Waals surface area contributed by atoms with Crippen molar-refractivity contribution < 1.29 is 9.53 Å². The second-order valence-electron chi connectivity index (χ2n) is 7.13. The quantitative estimate of drug-likeness (QED) is 0.664. The molecule has 4 nitrogen and oxygen atoms in total. The van der Waals surface area contributed by atoms with Gasteiger partial charge in [0, 0.05) is 18.6 Å². The summed E-state index contributed by atoms with van der Waals surface area (Å²) in [7, 11) is 1.50. The monoisotopic (exact) mass is 296 g/mol. The van der Waals surface area contributed by atoms with Crippen molar-refractivity contribution >= 4 is 5.97 Å². The fourth-order valence-electron chi connectivity index (χ4n) is 3.22. The maximum atomic E-state index is 12.1. The van der Waals surface area contributed by atoms with E-state index in [1.54, 1.807) is 0 Å². The van der Waals surface area contributed by atoms with Crippen molar-refractivity contribution in [2.75, 3.05) is 20.2 Å². The Bertz CT molecular complexity index is 323. The highest BCUT2D eigenvalue weighted by Crippen LogP contribution is 2.25. The highest BCUT2D eigenvalue weighted by molar-refractivity contribution is 5.76. The van der Waals surface area contributed by atoms with E-state index in [1.807, 2.05) is 0 Å². The molecule has 0 aromatic rings. The first-order chi connectivity index (χ1) is 10.1. The summed E-state index contributed by atoms with van der Waals surface area (Å²) >= 11 is 0. The second kappa shape index (κ2) is 8.14. The average molecular weight is 296 g/mol. The van der Waals surface area contributed by atoms with Crippen molar-refractivity contribution in [2.24, 2.45) is 5.92 Å². The van der Waals surface area contributed by atoms with Crippen LogP contribution in [-0.4, -0.2) is 49.2 Å². The van der Waals surface area contributed by atoms with Gasteiger partial charge in [-0.15, -0.1) is 0 Å². The Morgan fingerprint density at radius 1 is 1.24 bits per heavy atom. The topological polar surface area (TPSA) is 41.6 Å². The highest BCUT2D eigenvalue weighted by Gasteiger charge is 2.32. The molecular formula is C17H32N2O2. The van der Waals surface area contributed by atoms with Crippen LogP contribution in [0.4, 0.5) is 0 Å². The minimum Gasteiger partial charge on any atom is -0.468 e. The highest BCUT2D eigenvalue weighted by atomic mass is 16.5. The molecule has 2 rings (SSSR count). The lowest BCUT2D eigenvalue weighted by Gasteiger charge is -2.32. The summed E-state index contributed by atoms with van der Waals surface area (Å²) in [5.41, 5.74) is 0. The smallest absolute Gasteiger partial charge is 0.324 e. The number of esters is 1. The number of rotatable bonds is 9. The molecular weight excluding hydrogens is 264 g/mol. The van der Waals surface area contributed by atoms with Crippen LogP contribution >= 0.6 is 0 Å². The fraction of sp³-hybridized carbons (Fsp3) is 0.941. The summed E-state index contributed by atoms with van der Waals surface area (Å²) in [4.78, 5) is 14.6. The van der Waals surface area contributed by atoms with E-state index in [-0.39, 0.29) is 12.0 Å². The number of ether oxygens (including phenoxy) is 1. The summed E-state index contributed by atoms with van der Waals surface area (Å²) in [6, 6.07) is 1.04. The van der Waals surface area contributed by atoms with Crippen LogP contribution in [0, 0.1) is 5.92 Å². The lowest BCUT2D eigenvalue weighted by Crippen LogP contribution is -2.50. The molecule has 2 saturated carbocycles. The largest absolute Gasteiger partial charge is 0.468 e. The molecule has 0 heterocycles. The third-order valence-electron chi connectivity index (χ3n) is 4.75. The second-order valence-corrected chi connectivity index (χ2v) is 7.13. The predicted octanol–water partition coefficient (Wildman–Crippen LogP) is 2.57. The van der Waals surface area contributed by atoms with Crippen molar-refractivity contribution in [3.05, 3.63) is 0 Å². The van der Waals surface area contributed by atoms with E-state index in [0.29, 0.717) is 18.0 Å². The number of carbonyl (C=O) groups is 1. The number of nitrogens with zero attached hydrogens (tertiary/aromatic N) is 1. The lowest BCUT2D eigenvalue weighted by atomic mass is 10.1. The van der Waals surface area contributed by atoms with Crippen molar-refractivity contribution in [3.8, 4) is 0 Å². The number of hydrogen-bond acceptors (Lipinski definition) is 4. The normalized spacial score (nSPS) is 21.2. The average Bonchev–Trinajstić information content (AvgIpc) is 3.11. The van der Waals surface area contributed by atoms with Gasteiger partial charge >= 0.3 is 5.97 Å². The Morgan fingerprint density at radius 3 is 2.43 bits per heavy atom. The first-order valence-electron chi connectivity index (χ1n) is 8.68. The van der Waals surface area contributed by atoms with Gasteiger partial charge in [-0.3, -0.25) is 9.69 Å². The first kappa shape index (κ1) is 16.8. The molecule has 0 aromatic heterocycles. The third-order valence-corrected chi connectivity index (χ3v) is 4.75. The van der Waals surface area contributed by atoms with Crippen molar-refractivity contribution in [1.82, 2.24) is 10.2 Å². The van der Waals surface area contributed by atoms with E-state index >= 15 is 0 Å². The summed E-state index contributed by atoms with van der Waals surface area (Å²) in [5.74, 6) is 0.608. The maximum absolute atomic E-state index is 12.1. The molecule has 21 heavy (non-hydrogen) atoms. The molecule has 2 fully saturated rings. The Labute approximate surface area is 129 Å². The molecule has 2 aliphatic rings. The number of nitrogens with one attached hydrogen (secondary N) is 1. The van der Waals surface area contributed by atoms with Gasteiger partial charge in [0.2, 0.25) is 0 Å². The third kappa shape index (κ3) is 5.59. The molecule has 1 unspecified atom stereocenters. The predicted molar refractivity (Wildman–Crippen MR) is 85.2 cm³/mol. The molecule has 122 valence electrons. The van der Waals surface area contributed by atoms with E-state index in [9.17, 15) is 4.79 Å². The van der Waals surface area contributed by atoms with E-state index in [1.165, 1.54) is 52.1 Å². The van der Waals surface area contributed by atoms with Gasteiger partial charge in [0.1, 0.15) is 6.04 Å². The van der Waals surface area contributed by atoms with Gasteiger partial charge in [-0.25, -0.2) is 0 Å². The van der Waals surface area contributed by atoms with Crippen LogP contribution in [0.2, 0.25) is 0 Å². The van der Waals surface area contributed by atoms with E-state index < -0.39 is 0 Å². The Hall–Kier alpha value is -0.610. The van der Waals surface area contributed by atoms with Crippen LogP contribution in [0.5, 0.6) is 0 Å². The SMILES string of the molecule is COC(=O)C(CN(CCC(C)C)C1CCCC1)NC1CC1. The van der Waals surface area contributed by atoms with Crippen LogP contribution in [0.15, 0.2) is 0 Å². The van der Waals surface area contributed by atoms with Gasteiger partial charge in [-0.05, 0) is 44.6 Å². The van der Waals surface area contributed by atoms with Gasteiger partial charge in [0.05, 0.1) is 7.11 Å². The molecule has 1 atom stereocenters. The number of hydrogen-bond donors (Lipinski definition) is 1. The van der Waals surface area contributed by atoms with Gasteiger partial charge in [-0.2, -0.15) is 0 Å². The lowest BCUT2D eigenvalue weighted by molar-refractivity contribution is -0.143. The zero-order valence-corrected chi connectivity index (χ0v) is 13.9. The van der Waals surface area contributed by atoms with Crippen molar-refractivity contribution in [3.63, 3.8) is 0 Å². The maximum Gasteiger partial charge on any atom is 0.324 e. The van der Waals surface area contributed by atoms with Crippen LogP contribution in [0.3, 0.4) is 0 Å². The standard InChI is InChI=1S/C17H32N2O2/c1-13(2)10-11-19(15-6-4-5-7-15)12-16(17(20)21-3)18-14-8-9-14/h13-16,18H,4-12H2,1-3H3. The molecule has 2 aliphatic carbocycles. The van der Waals surface area contributed by atoms with Crippen molar-refractivity contribution in [1.29, 1.82) is 0 Å². The first-order valence-corrected chi connectivity index (χ1v) is 8.68. The molecule has 4 heteroatoms. The minimum atomic E-state index is -0.157. The molecule has 0 saturated heterocycles. The molecule has 0 bridgehead atoms. The van der Waals surface area contributed by atoms with Gasteiger partial charge < -0.3 is 10.1 Å². The van der Waals surface area contributed by atoms with Crippen LogP contribution < -0.4 is 5.32 Å². The van der Waals surface area contributed by atoms with Crippen LogP contribution in [-0.2, 0) is 9.53 Å². The molecule has 0 spiro atoms. The molecule has 0 radical (unpaired) electrons. The van der Waals surface area contributed by atoms with Gasteiger partial charge in [0.15, 0.2) is 0 Å².